The Bertz CT molecular complexity index is 4800. The van der Waals surface area contributed by atoms with Crippen molar-refractivity contribution in [3.05, 3.63) is 215 Å². The van der Waals surface area contributed by atoms with Gasteiger partial charge in [0.2, 0.25) is 0 Å². The van der Waals surface area contributed by atoms with Crippen LogP contribution in [0.3, 0.4) is 0 Å². The molecule has 0 aromatic heterocycles. The maximum absolute atomic E-state index is 12.8. The zero-order valence-electron chi connectivity index (χ0n) is 74.8. The van der Waals surface area contributed by atoms with Crippen LogP contribution in [0.4, 0.5) is 0 Å². The van der Waals surface area contributed by atoms with Crippen molar-refractivity contribution in [3.63, 3.8) is 0 Å². The summed E-state index contributed by atoms with van der Waals surface area (Å²) >= 11 is 0. The molecule has 12 aromatic carbocycles. The van der Waals surface area contributed by atoms with Crippen LogP contribution in [0.15, 0.2) is 182 Å². The van der Waals surface area contributed by atoms with Gasteiger partial charge in [-0.3, -0.25) is 0 Å². The van der Waals surface area contributed by atoms with Crippen molar-refractivity contribution >= 4 is 88.1 Å². The Balaban J connectivity index is 0.000000169. The minimum absolute atomic E-state index is 0. The van der Waals surface area contributed by atoms with Crippen LogP contribution in [0.1, 0.15) is 306 Å². The Morgan fingerprint density at radius 1 is 0.194 bits per heavy atom. The van der Waals surface area contributed by atoms with Crippen LogP contribution in [0, 0.1) is 0 Å². The van der Waals surface area contributed by atoms with Crippen molar-refractivity contribution in [1.29, 1.82) is 0 Å². The molecule has 16 heteroatoms. The Morgan fingerprint density at radius 3 is 0.476 bits per heavy atom. The van der Waals surface area contributed by atoms with Gasteiger partial charge in [-0.25, -0.2) is 13.7 Å². The van der Waals surface area contributed by atoms with E-state index in [0.717, 1.165) is 137 Å². The molecule has 0 radical (unpaired) electrons. The molecule has 15 rings (SSSR count). The van der Waals surface area contributed by atoms with Crippen LogP contribution in [0.25, 0.3) is 98.0 Å². The third-order valence-electron chi connectivity index (χ3n) is 25.2. The number of benzene rings is 12. The molecule has 0 N–H and O–H groups in total. The van der Waals surface area contributed by atoms with Crippen molar-refractivity contribution in [2.24, 2.45) is 0 Å². The summed E-state index contributed by atoms with van der Waals surface area (Å²) in [5, 5.41) is 12.4. The average molecular weight is 1760 g/mol. The molecule has 3 aliphatic heterocycles. The van der Waals surface area contributed by atoms with E-state index in [0.29, 0.717) is 34.5 Å². The molecular formula is C108H132O12P3Sc. The minimum Gasteiger partial charge on any atom is -0.736 e. The SMILES string of the molecule is CCCCCCCCc1ccc2c3c(ccc2c1)OP(=O)([O-])Oc1ccc2cc(CCCCCCCC)ccc2c1-3.CCCCCCCCc1ccc2c3c(ccc2c1)OP(=O)([O-])Oc1ccc2cc(CCCCCCCC)ccc2c1-3.CCCCCCCCc1ccc2c3c(ccc2c1)OP(=O)([O-])Oc1ccc2cc(CCCCCCCC)ccc2c1-3.[Sc+3]. The van der Waals surface area contributed by atoms with Crippen LogP contribution < -0.4 is 41.8 Å². The number of unbranched alkanes of at least 4 members (excludes halogenated alkanes) is 30. The van der Waals surface area contributed by atoms with E-state index in [1.54, 1.807) is 36.4 Å². The normalized spacial score (nSPS) is 13.7. The first-order chi connectivity index (χ1) is 60.0. The molecule has 0 aliphatic carbocycles. The number of aryl methyl sites for hydroxylation is 6. The molecule has 0 bridgehead atoms. The standard InChI is InChI=1S/3C36H45O4P.Sc/c3*1-3-5-7-9-11-13-15-27-17-21-31-29(25-27)19-23-33-35(31)36-32-22-18-28(16-14-12-10-8-6-4-2)26-30(32)20-24-34(36)40-41(37,38)39-33;/h3*17-26H,3-16H2,1-2H3,(H,37,38);/q;;;+3/p-3. The number of hydrogen-bond acceptors (Lipinski definition) is 12. The second kappa shape index (κ2) is 47.5. The van der Waals surface area contributed by atoms with E-state index in [2.05, 4.69) is 151 Å². The molecule has 0 saturated carbocycles. The van der Waals surface area contributed by atoms with E-state index in [-0.39, 0.29) is 25.8 Å². The van der Waals surface area contributed by atoms with Crippen LogP contribution in [0.2, 0.25) is 0 Å². The van der Waals surface area contributed by atoms with Gasteiger partial charge in [0.05, 0.1) is 0 Å². The zero-order chi connectivity index (χ0) is 86.0. The summed E-state index contributed by atoms with van der Waals surface area (Å²) in [6, 6.07) is 61.8. The largest absolute Gasteiger partial charge is 3.00 e. The van der Waals surface area contributed by atoms with E-state index in [9.17, 15) is 28.4 Å². The summed E-state index contributed by atoms with van der Waals surface area (Å²) in [5.74, 6) is 1.93. The number of rotatable bonds is 42. The fourth-order valence-corrected chi connectivity index (χ4v) is 21.0. The van der Waals surface area contributed by atoms with Crippen molar-refractivity contribution in [2.45, 2.75) is 311 Å². The molecule has 0 amide bonds. The maximum atomic E-state index is 12.8. The molecule has 12 nitrogen and oxygen atoms in total. The molecular weight excluding hydrogens is 1630 g/mol. The molecule has 12 aromatic rings. The third-order valence-corrected chi connectivity index (χ3v) is 27.7. The van der Waals surface area contributed by atoms with E-state index in [4.69, 9.17) is 27.1 Å². The first-order valence-corrected chi connectivity index (χ1v) is 51.8. The Morgan fingerprint density at radius 2 is 0.331 bits per heavy atom. The smallest absolute Gasteiger partial charge is 0.736 e. The Kier molecular flexibility index (Phi) is 36.6. The molecule has 124 heavy (non-hydrogen) atoms. The van der Waals surface area contributed by atoms with E-state index >= 15 is 0 Å². The van der Waals surface area contributed by atoms with Gasteiger partial charge >= 0.3 is 49.3 Å². The summed E-state index contributed by atoms with van der Waals surface area (Å²) in [6.45, 7) is 13.5. The molecule has 0 atom stereocenters. The summed E-state index contributed by atoms with van der Waals surface area (Å²) < 4.78 is 71.5. The molecule has 0 spiro atoms. The fourth-order valence-electron chi connectivity index (χ4n) is 18.5. The van der Waals surface area contributed by atoms with Gasteiger partial charge in [0, 0.05) is 33.4 Å². The van der Waals surface area contributed by atoms with Gasteiger partial charge in [0.15, 0.2) is 0 Å². The average Bonchev–Trinajstić information content (AvgIpc) is 1.47. The van der Waals surface area contributed by atoms with E-state index in [1.807, 2.05) is 36.4 Å². The van der Waals surface area contributed by atoms with Crippen LogP contribution in [-0.2, 0) is 78.1 Å². The second-order valence-electron chi connectivity index (χ2n) is 35.0. The predicted octanol–water partition coefficient (Wildman–Crippen LogP) is 32.1. The van der Waals surface area contributed by atoms with Crippen LogP contribution in [0.5, 0.6) is 34.5 Å². The Hall–Kier alpha value is -7.56. The van der Waals surface area contributed by atoms with E-state index in [1.165, 1.54) is 265 Å². The fraction of sp³-hybridized carbons (Fsp3) is 0.444. The van der Waals surface area contributed by atoms with Gasteiger partial charge < -0.3 is 41.8 Å². The number of phosphoric acid groups is 3. The molecule has 0 saturated heterocycles. The van der Waals surface area contributed by atoms with Gasteiger partial charge in [0.25, 0.3) is 0 Å². The van der Waals surface area contributed by atoms with Crippen molar-refractivity contribution < 1.29 is 81.4 Å². The Labute approximate surface area is 758 Å². The van der Waals surface area contributed by atoms with Gasteiger partial charge in [-0.05, 0) is 211 Å². The predicted molar refractivity (Wildman–Crippen MR) is 510 cm³/mol. The summed E-state index contributed by atoms with van der Waals surface area (Å²) in [6.07, 6.45) is 52.2. The first kappa shape index (κ1) is 95.5. The van der Waals surface area contributed by atoms with Gasteiger partial charge in [-0.15, -0.1) is 0 Å². The van der Waals surface area contributed by atoms with Gasteiger partial charge in [-0.2, -0.15) is 0 Å². The molecule has 3 heterocycles. The summed E-state index contributed by atoms with van der Waals surface area (Å²) in [5.41, 5.74) is 12.6. The molecule has 0 fully saturated rings. The van der Waals surface area contributed by atoms with Gasteiger partial charge in [-0.1, -0.05) is 380 Å². The first-order valence-electron chi connectivity index (χ1n) is 47.4. The molecule has 0 unspecified atom stereocenters. The topological polar surface area (TPSA) is 176 Å². The zero-order valence-corrected chi connectivity index (χ0v) is 79.3. The van der Waals surface area contributed by atoms with Crippen molar-refractivity contribution in [1.82, 2.24) is 0 Å². The number of hydrogen-bond donors (Lipinski definition) is 0. The monoisotopic (exact) mass is 1760 g/mol. The third kappa shape index (κ3) is 25.9. The summed E-state index contributed by atoms with van der Waals surface area (Å²) in [7, 11) is -13.7. The number of phosphoric ester groups is 3. The van der Waals surface area contributed by atoms with Crippen molar-refractivity contribution in [2.75, 3.05) is 0 Å². The van der Waals surface area contributed by atoms with Gasteiger partial charge in [0.1, 0.15) is 34.5 Å². The van der Waals surface area contributed by atoms with Crippen molar-refractivity contribution in [3.8, 4) is 67.9 Å². The minimum atomic E-state index is -4.57. The number of fused-ring (bicyclic) bond motifs is 21. The summed E-state index contributed by atoms with van der Waals surface area (Å²) in [4.78, 5) is 38.4. The second-order valence-corrected chi connectivity index (χ2v) is 38.7. The van der Waals surface area contributed by atoms with Crippen LogP contribution >= 0.6 is 23.5 Å². The molecule has 654 valence electrons. The quantitative estimate of drug-likeness (QED) is 0.0262. The van der Waals surface area contributed by atoms with E-state index < -0.39 is 23.5 Å². The van der Waals surface area contributed by atoms with Crippen LogP contribution in [-0.4, -0.2) is 0 Å². The molecule has 3 aliphatic rings. The maximum Gasteiger partial charge on any atom is 3.00 e.